The maximum Gasteiger partial charge on any atom is 0.337 e. The van der Waals surface area contributed by atoms with Gasteiger partial charge in [0.05, 0.1) is 29.7 Å². The van der Waals surface area contributed by atoms with Crippen LogP contribution in [0, 0.1) is 13.8 Å². The van der Waals surface area contributed by atoms with Crippen LogP contribution in [0.1, 0.15) is 28.5 Å². The topological polar surface area (TPSA) is 104 Å². The molecule has 0 saturated heterocycles. The zero-order valence-corrected chi connectivity index (χ0v) is 13.2. The number of nitrogens with zero attached hydrogens (tertiary/aromatic N) is 2. The predicted octanol–water partition coefficient (Wildman–Crippen LogP) is 1.05. The molecule has 1 atom stereocenters. The lowest BCUT2D eigenvalue weighted by molar-refractivity contribution is -0.155. The van der Waals surface area contributed by atoms with E-state index in [2.05, 4.69) is 10.4 Å². The van der Waals surface area contributed by atoms with Crippen molar-refractivity contribution in [1.29, 1.82) is 0 Å². The molecule has 7 heteroatoms. The Bertz CT molecular complexity index is 750. The molecule has 0 bridgehead atoms. The normalized spacial score (nSPS) is 13.4. The van der Waals surface area contributed by atoms with Crippen molar-refractivity contribution in [3.63, 3.8) is 0 Å². The first-order valence-corrected chi connectivity index (χ1v) is 7.08. The van der Waals surface area contributed by atoms with Gasteiger partial charge in [-0.3, -0.25) is 4.79 Å². The fourth-order valence-corrected chi connectivity index (χ4v) is 2.10. The van der Waals surface area contributed by atoms with Crippen LogP contribution in [0.25, 0.3) is 5.69 Å². The second-order valence-corrected chi connectivity index (χ2v) is 5.60. The van der Waals surface area contributed by atoms with Crippen LogP contribution < -0.4 is 5.32 Å². The third kappa shape index (κ3) is 3.40. The number of aromatic nitrogens is 2. The molecule has 0 aliphatic rings. The van der Waals surface area contributed by atoms with Crippen molar-refractivity contribution < 1.29 is 19.8 Å². The number of carboxylic acids is 1. The molecule has 0 saturated carbocycles. The molecule has 0 fully saturated rings. The van der Waals surface area contributed by atoms with E-state index in [0.29, 0.717) is 11.3 Å². The largest absolute Gasteiger partial charge is 0.479 e. The lowest BCUT2D eigenvalue weighted by atomic mass is 10.1. The van der Waals surface area contributed by atoms with Crippen LogP contribution in [-0.2, 0) is 4.79 Å². The second kappa shape index (κ2) is 6.21. The Labute approximate surface area is 133 Å². The van der Waals surface area contributed by atoms with Gasteiger partial charge in [-0.25, -0.2) is 9.48 Å². The van der Waals surface area contributed by atoms with E-state index in [0.717, 1.165) is 18.2 Å². The van der Waals surface area contributed by atoms with Crippen LogP contribution in [-0.4, -0.2) is 44.0 Å². The van der Waals surface area contributed by atoms with Gasteiger partial charge >= 0.3 is 5.97 Å². The van der Waals surface area contributed by atoms with Crippen molar-refractivity contribution in [2.24, 2.45) is 0 Å². The molecular weight excluding hydrogens is 298 g/mol. The van der Waals surface area contributed by atoms with Gasteiger partial charge in [-0.1, -0.05) is 18.2 Å². The molecule has 1 aromatic carbocycles. The average Bonchev–Trinajstić information content (AvgIpc) is 2.87. The lowest BCUT2D eigenvalue weighted by Gasteiger charge is -2.18. The summed E-state index contributed by atoms with van der Waals surface area (Å²) in [5, 5.41) is 25.1. The highest BCUT2D eigenvalue weighted by molar-refractivity contribution is 5.95. The molecular formula is C16H19N3O4. The van der Waals surface area contributed by atoms with Crippen LogP contribution in [0.5, 0.6) is 0 Å². The van der Waals surface area contributed by atoms with E-state index < -0.39 is 24.0 Å². The fourth-order valence-electron chi connectivity index (χ4n) is 2.10. The summed E-state index contributed by atoms with van der Waals surface area (Å²) < 4.78 is 1.65. The molecule has 2 rings (SSSR count). The van der Waals surface area contributed by atoms with Gasteiger partial charge in [0, 0.05) is 0 Å². The molecule has 3 N–H and O–H groups in total. The van der Waals surface area contributed by atoms with E-state index >= 15 is 0 Å². The Morgan fingerprint density at radius 2 is 1.96 bits per heavy atom. The van der Waals surface area contributed by atoms with Gasteiger partial charge in [-0.15, -0.1) is 0 Å². The molecule has 2 aromatic rings. The Morgan fingerprint density at radius 3 is 2.57 bits per heavy atom. The predicted molar refractivity (Wildman–Crippen MR) is 83.6 cm³/mol. The molecule has 1 unspecified atom stereocenters. The summed E-state index contributed by atoms with van der Waals surface area (Å²) in [5.74, 6) is -1.88. The van der Waals surface area contributed by atoms with Crippen LogP contribution in [0.4, 0.5) is 0 Å². The maximum atomic E-state index is 12.2. The van der Waals surface area contributed by atoms with Gasteiger partial charge in [-0.2, -0.15) is 5.10 Å². The number of carbonyl (C=O) groups excluding carboxylic acids is 1. The lowest BCUT2D eigenvalue weighted by Crippen LogP contribution is -2.46. The smallest absolute Gasteiger partial charge is 0.337 e. The number of carboxylic acid groups (broad SMARTS) is 1. The third-order valence-electron chi connectivity index (χ3n) is 3.65. The van der Waals surface area contributed by atoms with Gasteiger partial charge < -0.3 is 15.5 Å². The number of rotatable bonds is 5. The Hall–Kier alpha value is -2.67. The van der Waals surface area contributed by atoms with E-state index in [4.69, 9.17) is 5.11 Å². The van der Waals surface area contributed by atoms with Crippen LogP contribution >= 0.6 is 0 Å². The molecule has 1 aromatic heterocycles. The summed E-state index contributed by atoms with van der Waals surface area (Å²) in [7, 11) is 0. The molecule has 0 spiro atoms. The van der Waals surface area contributed by atoms with Crippen LogP contribution in [0.3, 0.4) is 0 Å². The number of aryl methyl sites for hydroxylation is 1. The summed E-state index contributed by atoms with van der Waals surface area (Å²) in [4.78, 5) is 23.0. The average molecular weight is 317 g/mol. The number of para-hydroxylation sites is 1. The highest BCUT2D eigenvalue weighted by Crippen LogP contribution is 2.17. The highest BCUT2D eigenvalue weighted by atomic mass is 16.4. The van der Waals surface area contributed by atoms with Crippen molar-refractivity contribution in [1.82, 2.24) is 15.1 Å². The molecule has 23 heavy (non-hydrogen) atoms. The van der Waals surface area contributed by atoms with Gasteiger partial charge in [0.15, 0.2) is 5.60 Å². The van der Waals surface area contributed by atoms with Gasteiger partial charge in [0.2, 0.25) is 0 Å². The molecule has 0 aliphatic heterocycles. The number of carbonyl (C=O) groups is 2. The van der Waals surface area contributed by atoms with Crippen molar-refractivity contribution in [2.45, 2.75) is 26.4 Å². The zero-order chi connectivity index (χ0) is 17.2. The van der Waals surface area contributed by atoms with Crippen molar-refractivity contribution in [3.05, 3.63) is 47.3 Å². The summed E-state index contributed by atoms with van der Waals surface area (Å²) >= 11 is 0. The number of hydrogen-bond donors (Lipinski definition) is 3. The number of amides is 1. The summed E-state index contributed by atoms with van der Waals surface area (Å²) in [6.45, 7) is 4.43. The minimum absolute atomic E-state index is 0.328. The van der Waals surface area contributed by atoms with Crippen molar-refractivity contribution >= 4 is 11.9 Å². The minimum Gasteiger partial charge on any atom is -0.479 e. The van der Waals surface area contributed by atoms with Gasteiger partial charge in [0.1, 0.15) is 0 Å². The highest BCUT2D eigenvalue weighted by Gasteiger charge is 2.30. The van der Waals surface area contributed by atoms with Crippen LogP contribution in [0.2, 0.25) is 0 Å². The zero-order valence-electron chi connectivity index (χ0n) is 13.2. The monoisotopic (exact) mass is 317 g/mol. The minimum atomic E-state index is -2.02. The van der Waals surface area contributed by atoms with Crippen LogP contribution in [0.15, 0.2) is 30.5 Å². The maximum absolute atomic E-state index is 12.2. The van der Waals surface area contributed by atoms with E-state index in [1.54, 1.807) is 11.6 Å². The summed E-state index contributed by atoms with van der Waals surface area (Å²) in [6, 6.07) is 7.64. The second-order valence-electron chi connectivity index (χ2n) is 5.60. The quantitative estimate of drug-likeness (QED) is 0.765. The Balaban J connectivity index is 2.21. The van der Waals surface area contributed by atoms with Crippen molar-refractivity contribution in [3.8, 4) is 5.69 Å². The molecule has 1 heterocycles. The molecule has 122 valence electrons. The number of nitrogens with one attached hydrogen (secondary N) is 1. The van der Waals surface area contributed by atoms with Gasteiger partial charge in [-0.05, 0) is 32.4 Å². The molecule has 7 nitrogen and oxygen atoms in total. The first kappa shape index (κ1) is 16.7. The number of aliphatic hydroxyl groups is 1. The van der Waals surface area contributed by atoms with E-state index in [1.165, 1.54) is 6.20 Å². The van der Waals surface area contributed by atoms with E-state index in [1.807, 2.05) is 31.2 Å². The SMILES string of the molecule is Cc1ccccc1-n1ncc(C(=O)NCC(C)(O)C(=O)O)c1C. The van der Waals surface area contributed by atoms with Gasteiger partial charge in [0.25, 0.3) is 5.91 Å². The molecule has 1 amide bonds. The van der Waals surface area contributed by atoms with E-state index in [9.17, 15) is 14.7 Å². The standard InChI is InChI=1S/C16H19N3O4/c1-10-6-4-5-7-13(10)19-11(2)12(8-18-19)14(20)17-9-16(3,23)15(21)22/h4-8,23H,9H2,1-3H3,(H,17,20)(H,21,22). The summed E-state index contributed by atoms with van der Waals surface area (Å²) in [6.07, 6.45) is 1.42. The number of aliphatic carboxylic acids is 1. The Kier molecular flexibility index (Phi) is 4.51. The number of benzene rings is 1. The fraction of sp³-hybridized carbons (Fsp3) is 0.312. The Morgan fingerprint density at radius 1 is 1.30 bits per heavy atom. The first-order valence-electron chi connectivity index (χ1n) is 7.08. The third-order valence-corrected chi connectivity index (χ3v) is 3.65. The van der Waals surface area contributed by atoms with Crippen molar-refractivity contribution in [2.75, 3.05) is 6.54 Å². The summed E-state index contributed by atoms with van der Waals surface area (Å²) in [5.41, 5.74) is 0.817. The van der Waals surface area contributed by atoms with E-state index in [-0.39, 0.29) is 0 Å². The number of hydrogen-bond acceptors (Lipinski definition) is 4. The first-order chi connectivity index (χ1) is 10.7. The molecule has 0 aliphatic carbocycles. The molecule has 0 radical (unpaired) electrons.